The smallest absolute Gasteiger partial charge is 0.234 e. The van der Waals surface area contributed by atoms with Crippen LogP contribution in [0.1, 0.15) is 37.2 Å². The normalized spacial score (nSPS) is 19.8. The van der Waals surface area contributed by atoms with E-state index in [-0.39, 0.29) is 18.1 Å². The number of carbonyl (C=O) groups excluding carboxylic acids is 2. The van der Waals surface area contributed by atoms with Crippen LogP contribution in [0.5, 0.6) is 0 Å². The number of nitrogens with zero attached hydrogens (tertiary/aromatic N) is 3. The molecule has 4 rings (SSSR count). The van der Waals surface area contributed by atoms with Crippen LogP contribution < -0.4 is 4.90 Å². The molecule has 144 valence electrons. The van der Waals surface area contributed by atoms with Gasteiger partial charge < -0.3 is 0 Å². The van der Waals surface area contributed by atoms with Gasteiger partial charge in [0.25, 0.3) is 0 Å². The molecule has 0 radical (unpaired) electrons. The molecule has 0 bridgehead atoms. The molecule has 0 saturated carbocycles. The number of amides is 1. The van der Waals surface area contributed by atoms with Gasteiger partial charge in [0.05, 0.1) is 0 Å². The summed E-state index contributed by atoms with van der Waals surface area (Å²) < 4.78 is 15.2. The van der Waals surface area contributed by atoms with Gasteiger partial charge in [0.2, 0.25) is 11.0 Å². The summed E-state index contributed by atoms with van der Waals surface area (Å²) in [5, 5.41) is 8.77. The van der Waals surface area contributed by atoms with E-state index in [1.54, 1.807) is 24.3 Å². The van der Waals surface area contributed by atoms with Crippen molar-refractivity contribution in [2.75, 3.05) is 10.7 Å². The van der Waals surface area contributed by atoms with Crippen molar-refractivity contribution >= 4 is 39.9 Å². The fourth-order valence-corrected chi connectivity index (χ4v) is 5.36. The summed E-state index contributed by atoms with van der Waals surface area (Å²) >= 11 is 2.81. The predicted octanol–water partition coefficient (Wildman–Crippen LogP) is 4.48. The highest BCUT2D eigenvalue weighted by atomic mass is 32.2. The molecule has 1 unspecified atom stereocenters. The van der Waals surface area contributed by atoms with Gasteiger partial charge in [-0.25, -0.2) is 4.39 Å². The van der Waals surface area contributed by atoms with Crippen molar-refractivity contribution in [3.8, 4) is 0 Å². The number of hydrogen-bond acceptors (Lipinski definition) is 6. The van der Waals surface area contributed by atoms with Gasteiger partial charge in [0.15, 0.2) is 10.1 Å². The molecule has 5 nitrogen and oxygen atoms in total. The Kier molecular flexibility index (Phi) is 5.41. The number of Topliss-reactive ketones (excluding diaryl/α,β-unsaturated/α-hetero) is 1. The number of aromatic nitrogens is 2. The summed E-state index contributed by atoms with van der Waals surface area (Å²) in [5.41, 5.74) is 1.60. The second-order valence-electron chi connectivity index (χ2n) is 6.59. The molecular weight excluding hydrogens is 397 g/mol. The first-order chi connectivity index (χ1) is 13.6. The Hall–Kier alpha value is -2.32. The van der Waals surface area contributed by atoms with Crippen molar-refractivity contribution in [1.82, 2.24) is 10.2 Å². The number of halogens is 1. The van der Waals surface area contributed by atoms with Gasteiger partial charge in [0.1, 0.15) is 5.82 Å². The van der Waals surface area contributed by atoms with Gasteiger partial charge in [-0.3, -0.25) is 14.5 Å². The lowest BCUT2D eigenvalue weighted by atomic mass is 9.77. The first-order valence-electron chi connectivity index (χ1n) is 9.01. The lowest BCUT2D eigenvalue weighted by Gasteiger charge is -2.36. The van der Waals surface area contributed by atoms with Gasteiger partial charge >= 0.3 is 0 Å². The maximum absolute atomic E-state index is 14.4. The van der Waals surface area contributed by atoms with E-state index in [4.69, 9.17) is 0 Å². The van der Waals surface area contributed by atoms with E-state index in [9.17, 15) is 14.0 Å². The SMILES string of the molecule is C=CCSc1nnc(N2C(=O)CC(c3ccccc3F)C3=C2CCCC3=O)s1. The van der Waals surface area contributed by atoms with Crippen LogP contribution in [0.3, 0.4) is 0 Å². The standard InChI is InChI=1S/C20H18FN3O2S2/c1-2-10-27-20-23-22-19(28-20)24-15-8-5-9-16(25)18(15)13(11-17(24)26)12-6-3-4-7-14(12)21/h2-4,6-7,13H,1,5,8-11H2. The Morgan fingerprint density at radius 2 is 2.11 bits per heavy atom. The minimum Gasteiger partial charge on any atom is -0.294 e. The average molecular weight is 416 g/mol. The minimum absolute atomic E-state index is 0.0159. The molecule has 2 aromatic rings. The van der Waals surface area contributed by atoms with Crippen molar-refractivity contribution in [2.24, 2.45) is 0 Å². The zero-order chi connectivity index (χ0) is 19.7. The van der Waals surface area contributed by atoms with Crippen molar-refractivity contribution < 1.29 is 14.0 Å². The van der Waals surface area contributed by atoms with E-state index >= 15 is 0 Å². The second-order valence-corrected chi connectivity index (χ2v) is 8.82. The topological polar surface area (TPSA) is 63.2 Å². The fourth-order valence-electron chi connectivity index (χ4n) is 3.72. The second kappa shape index (κ2) is 7.97. The first-order valence-corrected chi connectivity index (χ1v) is 10.8. The first kappa shape index (κ1) is 19.0. The van der Waals surface area contributed by atoms with Gasteiger partial charge in [-0.15, -0.1) is 16.8 Å². The van der Waals surface area contributed by atoms with Crippen LogP contribution in [0.4, 0.5) is 9.52 Å². The van der Waals surface area contributed by atoms with Crippen molar-refractivity contribution in [2.45, 2.75) is 35.9 Å². The monoisotopic (exact) mass is 415 g/mol. The Morgan fingerprint density at radius 1 is 1.29 bits per heavy atom. The van der Waals surface area contributed by atoms with E-state index in [2.05, 4.69) is 16.8 Å². The van der Waals surface area contributed by atoms with Crippen LogP contribution in [0.25, 0.3) is 0 Å². The molecule has 8 heteroatoms. The number of allylic oxidation sites excluding steroid dienone is 2. The lowest BCUT2D eigenvalue weighted by molar-refractivity contribution is -0.119. The number of hydrogen-bond donors (Lipinski definition) is 0. The predicted molar refractivity (Wildman–Crippen MR) is 108 cm³/mol. The molecule has 0 spiro atoms. The molecule has 0 N–H and O–H groups in total. The molecule has 2 aliphatic rings. The zero-order valence-electron chi connectivity index (χ0n) is 15.1. The quantitative estimate of drug-likeness (QED) is 0.409. The van der Waals surface area contributed by atoms with Crippen LogP contribution in [-0.2, 0) is 9.59 Å². The number of anilines is 1. The van der Waals surface area contributed by atoms with E-state index in [0.717, 1.165) is 4.34 Å². The Bertz CT molecular complexity index is 985. The van der Waals surface area contributed by atoms with E-state index in [1.807, 2.05) is 0 Å². The van der Waals surface area contributed by atoms with Gasteiger partial charge in [-0.1, -0.05) is 47.4 Å². The average Bonchev–Trinajstić information content (AvgIpc) is 3.14. The third-order valence-electron chi connectivity index (χ3n) is 4.87. The molecule has 1 aliphatic heterocycles. The number of carbonyl (C=O) groups is 2. The van der Waals surface area contributed by atoms with E-state index < -0.39 is 11.7 Å². The Morgan fingerprint density at radius 3 is 2.89 bits per heavy atom. The summed E-state index contributed by atoms with van der Waals surface area (Å²) in [6.45, 7) is 3.69. The summed E-state index contributed by atoms with van der Waals surface area (Å²) in [4.78, 5) is 27.4. The number of ketones is 1. The number of benzene rings is 1. The largest absolute Gasteiger partial charge is 0.294 e. The highest BCUT2D eigenvalue weighted by molar-refractivity contribution is 8.01. The molecule has 28 heavy (non-hydrogen) atoms. The third-order valence-corrected chi connectivity index (χ3v) is 6.91. The number of thioether (sulfide) groups is 1. The van der Waals surface area contributed by atoms with Crippen molar-refractivity contribution in [3.05, 3.63) is 59.6 Å². The zero-order valence-corrected chi connectivity index (χ0v) is 16.7. The molecular formula is C20H18FN3O2S2. The van der Waals surface area contributed by atoms with Gasteiger partial charge in [0, 0.05) is 35.8 Å². The third kappa shape index (κ3) is 3.42. The van der Waals surface area contributed by atoms with Gasteiger partial charge in [-0.2, -0.15) is 0 Å². The van der Waals surface area contributed by atoms with Crippen LogP contribution in [-0.4, -0.2) is 27.6 Å². The molecule has 1 atom stereocenters. The summed E-state index contributed by atoms with van der Waals surface area (Å²) in [5.74, 6) is -0.436. The van der Waals surface area contributed by atoms with Crippen molar-refractivity contribution in [3.63, 3.8) is 0 Å². The molecule has 0 fully saturated rings. The van der Waals surface area contributed by atoms with Crippen molar-refractivity contribution in [1.29, 1.82) is 0 Å². The molecule has 1 aromatic heterocycles. The van der Waals surface area contributed by atoms with Crippen LogP contribution >= 0.6 is 23.1 Å². The maximum Gasteiger partial charge on any atom is 0.234 e. The highest BCUT2D eigenvalue weighted by Crippen LogP contribution is 2.44. The minimum atomic E-state index is -0.546. The van der Waals surface area contributed by atoms with E-state index in [0.29, 0.717) is 47.0 Å². The molecule has 1 aliphatic carbocycles. The van der Waals surface area contributed by atoms with Crippen LogP contribution in [0, 0.1) is 5.82 Å². The fraction of sp³-hybridized carbons (Fsp3) is 0.300. The van der Waals surface area contributed by atoms with E-state index in [1.165, 1.54) is 34.1 Å². The molecule has 1 aromatic carbocycles. The highest BCUT2D eigenvalue weighted by Gasteiger charge is 2.41. The molecule has 0 saturated heterocycles. The summed E-state index contributed by atoms with van der Waals surface area (Å²) in [6, 6.07) is 6.37. The summed E-state index contributed by atoms with van der Waals surface area (Å²) in [6.07, 6.45) is 3.49. The lowest BCUT2D eigenvalue weighted by Crippen LogP contribution is -2.40. The summed E-state index contributed by atoms with van der Waals surface area (Å²) in [7, 11) is 0. The Balaban J connectivity index is 1.78. The molecule has 1 amide bonds. The van der Waals surface area contributed by atoms with Crippen LogP contribution in [0.15, 0.2) is 52.5 Å². The molecule has 2 heterocycles. The van der Waals surface area contributed by atoms with Crippen LogP contribution in [0.2, 0.25) is 0 Å². The Labute approximate surface area is 170 Å². The maximum atomic E-state index is 14.4. The number of rotatable bonds is 5. The van der Waals surface area contributed by atoms with Gasteiger partial charge in [-0.05, 0) is 24.5 Å².